The normalized spacial score (nSPS) is 21.8. The predicted molar refractivity (Wildman–Crippen MR) is 85.2 cm³/mol. The Morgan fingerprint density at radius 1 is 1.38 bits per heavy atom. The van der Waals surface area contributed by atoms with Crippen molar-refractivity contribution in [3.63, 3.8) is 0 Å². The Kier molecular flexibility index (Phi) is 5.06. The first-order valence-corrected chi connectivity index (χ1v) is 7.50. The van der Waals surface area contributed by atoms with Gasteiger partial charge in [0.1, 0.15) is 0 Å². The van der Waals surface area contributed by atoms with Crippen LogP contribution in [0.2, 0.25) is 0 Å². The van der Waals surface area contributed by atoms with Gasteiger partial charge in [0.05, 0.1) is 18.8 Å². The van der Waals surface area contributed by atoms with Crippen LogP contribution in [0.3, 0.4) is 0 Å². The Morgan fingerprint density at radius 2 is 2.04 bits per heavy atom. The summed E-state index contributed by atoms with van der Waals surface area (Å²) in [4.78, 5) is 47.9. The molecule has 24 heavy (non-hydrogen) atoms. The van der Waals surface area contributed by atoms with Gasteiger partial charge in [-0.1, -0.05) is 12.7 Å². The van der Waals surface area contributed by atoms with Gasteiger partial charge in [-0.3, -0.25) is 23.9 Å². The van der Waals surface area contributed by atoms with Gasteiger partial charge >= 0.3 is 17.6 Å². The van der Waals surface area contributed by atoms with E-state index < -0.39 is 28.6 Å². The van der Waals surface area contributed by atoms with Gasteiger partial charge in [0, 0.05) is 37.9 Å². The quantitative estimate of drug-likeness (QED) is 0.718. The predicted octanol–water partition coefficient (Wildman–Crippen LogP) is 0.312. The minimum absolute atomic E-state index is 0.0215. The van der Waals surface area contributed by atoms with E-state index in [-0.39, 0.29) is 31.2 Å². The molecule has 2 rings (SSSR count). The molecular formula is C16H20N2O6. The zero-order chi connectivity index (χ0) is 17.9. The van der Waals surface area contributed by atoms with Gasteiger partial charge in [-0.15, -0.1) is 0 Å². The number of hydrogen-bond acceptors (Lipinski definition) is 6. The highest BCUT2D eigenvalue weighted by Crippen LogP contribution is 2.54. The molecular weight excluding hydrogens is 316 g/mol. The van der Waals surface area contributed by atoms with Crippen LogP contribution in [0.1, 0.15) is 25.8 Å². The van der Waals surface area contributed by atoms with E-state index >= 15 is 0 Å². The standard InChI is InChI=1S/C16H20N2O6/c1-4-12-6-18(15(22)17-14(12)21)8-16(9-24-11(3)20)5-13(16)7-23-10(2)19/h4,6,13H,1,5,7-9H2,2-3H3,(H,17,21,22). The summed E-state index contributed by atoms with van der Waals surface area (Å²) < 4.78 is 11.5. The summed E-state index contributed by atoms with van der Waals surface area (Å²) in [5.41, 5.74) is -1.28. The Morgan fingerprint density at radius 3 is 2.62 bits per heavy atom. The molecule has 1 fully saturated rings. The molecule has 0 radical (unpaired) electrons. The minimum atomic E-state index is -0.550. The van der Waals surface area contributed by atoms with Crippen molar-refractivity contribution in [1.29, 1.82) is 0 Å². The third-order valence-corrected chi connectivity index (χ3v) is 4.15. The zero-order valence-electron chi connectivity index (χ0n) is 13.7. The third-order valence-electron chi connectivity index (χ3n) is 4.15. The number of aromatic nitrogens is 2. The smallest absolute Gasteiger partial charge is 0.328 e. The molecule has 1 aliphatic carbocycles. The highest BCUT2D eigenvalue weighted by Gasteiger charge is 2.56. The molecule has 1 heterocycles. The Balaban J connectivity index is 2.22. The van der Waals surface area contributed by atoms with Crippen LogP contribution in [0.5, 0.6) is 0 Å². The average molecular weight is 336 g/mol. The monoisotopic (exact) mass is 336 g/mol. The largest absolute Gasteiger partial charge is 0.466 e. The number of carbonyl (C=O) groups excluding carboxylic acids is 2. The molecule has 1 aliphatic rings. The van der Waals surface area contributed by atoms with E-state index in [2.05, 4.69) is 11.6 Å². The lowest BCUT2D eigenvalue weighted by molar-refractivity contribution is -0.145. The van der Waals surface area contributed by atoms with Crippen molar-refractivity contribution in [2.75, 3.05) is 13.2 Å². The van der Waals surface area contributed by atoms with Crippen LogP contribution in [0.15, 0.2) is 22.4 Å². The zero-order valence-corrected chi connectivity index (χ0v) is 13.7. The summed E-state index contributed by atoms with van der Waals surface area (Å²) >= 11 is 0. The average Bonchev–Trinajstić information content (AvgIpc) is 3.19. The van der Waals surface area contributed by atoms with Gasteiger partial charge in [-0.05, 0) is 6.42 Å². The van der Waals surface area contributed by atoms with E-state index in [4.69, 9.17) is 9.47 Å². The molecule has 130 valence electrons. The van der Waals surface area contributed by atoms with E-state index in [1.807, 2.05) is 0 Å². The number of ether oxygens (including phenoxy) is 2. The number of nitrogens with zero attached hydrogens (tertiary/aromatic N) is 1. The maximum absolute atomic E-state index is 12.0. The lowest BCUT2D eigenvalue weighted by atomic mass is 10.1. The molecule has 1 aromatic rings. The van der Waals surface area contributed by atoms with Crippen molar-refractivity contribution in [2.45, 2.75) is 26.8 Å². The summed E-state index contributed by atoms with van der Waals surface area (Å²) in [5, 5.41) is 0. The number of H-pyrrole nitrogens is 1. The van der Waals surface area contributed by atoms with Crippen LogP contribution >= 0.6 is 0 Å². The van der Waals surface area contributed by atoms with Crippen LogP contribution < -0.4 is 11.2 Å². The number of aromatic amines is 1. The van der Waals surface area contributed by atoms with Crippen LogP contribution in [0, 0.1) is 11.3 Å². The molecule has 0 aliphatic heterocycles. The van der Waals surface area contributed by atoms with E-state index in [0.717, 1.165) is 0 Å². The molecule has 1 N–H and O–H groups in total. The number of nitrogens with one attached hydrogen (secondary N) is 1. The Hall–Kier alpha value is -2.64. The third kappa shape index (κ3) is 4.01. The maximum atomic E-state index is 12.0. The summed E-state index contributed by atoms with van der Waals surface area (Å²) in [6.45, 7) is 6.71. The van der Waals surface area contributed by atoms with Crippen molar-refractivity contribution >= 4 is 18.0 Å². The van der Waals surface area contributed by atoms with E-state index in [1.54, 1.807) is 0 Å². The fourth-order valence-corrected chi connectivity index (χ4v) is 2.68. The molecule has 0 aromatic carbocycles. The minimum Gasteiger partial charge on any atom is -0.466 e. The van der Waals surface area contributed by atoms with Crippen LogP contribution in [0.25, 0.3) is 6.08 Å². The number of esters is 2. The SMILES string of the molecule is C=Cc1cn(CC2(COC(C)=O)CC2COC(C)=O)c(=O)[nH]c1=O. The fourth-order valence-electron chi connectivity index (χ4n) is 2.68. The van der Waals surface area contributed by atoms with Crippen LogP contribution in [-0.4, -0.2) is 34.7 Å². The van der Waals surface area contributed by atoms with Gasteiger partial charge in [0.2, 0.25) is 0 Å². The molecule has 2 atom stereocenters. The van der Waals surface area contributed by atoms with E-state index in [9.17, 15) is 19.2 Å². The number of rotatable bonds is 7. The van der Waals surface area contributed by atoms with Crippen molar-refractivity contribution < 1.29 is 19.1 Å². The molecule has 0 saturated heterocycles. The van der Waals surface area contributed by atoms with Gasteiger partial charge in [-0.2, -0.15) is 0 Å². The highest BCUT2D eigenvalue weighted by atomic mass is 16.5. The topological polar surface area (TPSA) is 107 Å². The summed E-state index contributed by atoms with van der Waals surface area (Å²) in [7, 11) is 0. The van der Waals surface area contributed by atoms with Crippen LogP contribution in [0.4, 0.5) is 0 Å². The van der Waals surface area contributed by atoms with Crippen molar-refractivity contribution in [3.8, 4) is 0 Å². The Labute approximate surface area is 138 Å². The van der Waals surface area contributed by atoms with Gasteiger partial charge in [0.15, 0.2) is 0 Å². The van der Waals surface area contributed by atoms with E-state index in [0.29, 0.717) is 6.42 Å². The molecule has 0 amide bonds. The van der Waals surface area contributed by atoms with Gasteiger partial charge in [0.25, 0.3) is 5.56 Å². The highest BCUT2D eigenvalue weighted by molar-refractivity contribution is 5.66. The number of hydrogen-bond donors (Lipinski definition) is 1. The summed E-state index contributed by atoms with van der Waals surface area (Å²) in [6.07, 6.45) is 3.42. The fraction of sp³-hybridized carbons (Fsp3) is 0.500. The molecule has 1 saturated carbocycles. The summed E-state index contributed by atoms with van der Waals surface area (Å²) in [5.74, 6) is -0.835. The second kappa shape index (κ2) is 6.86. The second-order valence-corrected chi connectivity index (χ2v) is 6.02. The van der Waals surface area contributed by atoms with Crippen molar-refractivity contribution in [2.24, 2.45) is 11.3 Å². The van der Waals surface area contributed by atoms with Crippen LogP contribution in [-0.2, 0) is 25.6 Å². The maximum Gasteiger partial charge on any atom is 0.328 e. The molecule has 8 heteroatoms. The van der Waals surface area contributed by atoms with Crippen molar-refractivity contribution in [1.82, 2.24) is 9.55 Å². The number of carbonyl (C=O) groups is 2. The first-order valence-electron chi connectivity index (χ1n) is 7.50. The van der Waals surface area contributed by atoms with Gasteiger partial charge < -0.3 is 9.47 Å². The van der Waals surface area contributed by atoms with Crippen molar-refractivity contribution in [3.05, 3.63) is 39.2 Å². The Bertz CT molecular complexity index is 778. The first-order chi connectivity index (χ1) is 11.3. The molecule has 1 aromatic heterocycles. The van der Waals surface area contributed by atoms with Gasteiger partial charge in [-0.25, -0.2) is 4.79 Å². The molecule has 8 nitrogen and oxygen atoms in total. The lowest BCUT2D eigenvalue weighted by Crippen LogP contribution is -2.35. The molecule has 0 bridgehead atoms. The molecule has 0 spiro atoms. The lowest BCUT2D eigenvalue weighted by Gasteiger charge is -2.18. The van der Waals surface area contributed by atoms with E-state index in [1.165, 1.54) is 30.7 Å². The molecule has 2 unspecified atom stereocenters. The summed E-state index contributed by atoms with van der Waals surface area (Å²) in [6, 6.07) is 0. The second-order valence-electron chi connectivity index (χ2n) is 6.02. The first kappa shape index (κ1) is 17.7.